The van der Waals surface area contributed by atoms with Gasteiger partial charge in [-0.2, -0.15) is 0 Å². The molecule has 2 unspecified atom stereocenters. The van der Waals surface area contributed by atoms with E-state index in [0.717, 1.165) is 48.6 Å². The SMILES string of the molecule is CN=C(NCCS(=O)(=O)N1CCc2ccccc21)N1CC2CCCCC2C1. The molecule has 0 spiro atoms. The molecule has 1 aromatic carbocycles. The molecule has 1 aromatic rings. The van der Waals surface area contributed by atoms with Gasteiger partial charge in [0, 0.05) is 33.2 Å². The molecule has 148 valence electrons. The van der Waals surface area contributed by atoms with Crippen LogP contribution < -0.4 is 9.62 Å². The standard InChI is InChI=1S/C20H30N4O2S/c1-21-20(23-14-17-7-2-3-8-18(17)15-23)22-11-13-27(25,26)24-12-10-16-6-4-5-9-19(16)24/h4-6,9,17-18H,2-3,7-8,10-15H2,1H3,(H,21,22). The summed E-state index contributed by atoms with van der Waals surface area (Å²) in [4.78, 5) is 6.72. The number of benzene rings is 1. The maximum absolute atomic E-state index is 12.8. The molecule has 2 aliphatic heterocycles. The van der Waals surface area contributed by atoms with E-state index in [1.807, 2.05) is 24.3 Å². The molecular weight excluding hydrogens is 360 g/mol. The van der Waals surface area contributed by atoms with Gasteiger partial charge in [-0.25, -0.2) is 8.42 Å². The predicted molar refractivity (Wildman–Crippen MR) is 110 cm³/mol. The van der Waals surface area contributed by atoms with Crippen LogP contribution in [0.4, 0.5) is 5.69 Å². The van der Waals surface area contributed by atoms with E-state index in [9.17, 15) is 8.42 Å². The van der Waals surface area contributed by atoms with Crippen molar-refractivity contribution in [2.24, 2.45) is 16.8 Å². The van der Waals surface area contributed by atoms with Gasteiger partial charge in [0.25, 0.3) is 0 Å². The summed E-state index contributed by atoms with van der Waals surface area (Å²) >= 11 is 0. The van der Waals surface area contributed by atoms with Crippen LogP contribution in [0.25, 0.3) is 0 Å². The third kappa shape index (κ3) is 3.79. The number of nitrogens with one attached hydrogen (secondary N) is 1. The number of para-hydroxylation sites is 1. The number of fused-ring (bicyclic) bond motifs is 2. The van der Waals surface area contributed by atoms with Crippen molar-refractivity contribution in [3.63, 3.8) is 0 Å². The molecular formula is C20H30N4O2S. The second-order valence-corrected chi connectivity index (χ2v) is 9.96. The second kappa shape index (κ2) is 7.70. The largest absolute Gasteiger partial charge is 0.355 e. The molecule has 4 rings (SSSR count). The molecule has 1 saturated carbocycles. The van der Waals surface area contributed by atoms with Gasteiger partial charge in [0.15, 0.2) is 5.96 Å². The average Bonchev–Trinajstić information content (AvgIpc) is 3.29. The van der Waals surface area contributed by atoms with Crippen LogP contribution in [0.5, 0.6) is 0 Å². The number of hydrogen-bond acceptors (Lipinski definition) is 3. The fourth-order valence-electron chi connectivity index (χ4n) is 4.91. The molecule has 0 radical (unpaired) electrons. The second-order valence-electron chi connectivity index (χ2n) is 7.95. The van der Waals surface area contributed by atoms with Gasteiger partial charge >= 0.3 is 0 Å². The van der Waals surface area contributed by atoms with E-state index in [1.54, 1.807) is 11.4 Å². The summed E-state index contributed by atoms with van der Waals surface area (Å²) in [6, 6.07) is 7.78. The predicted octanol–water partition coefficient (Wildman–Crippen LogP) is 2.08. The Kier molecular flexibility index (Phi) is 5.30. The number of anilines is 1. The Balaban J connectivity index is 1.33. The Morgan fingerprint density at radius 3 is 2.59 bits per heavy atom. The van der Waals surface area contributed by atoms with E-state index in [-0.39, 0.29) is 5.75 Å². The summed E-state index contributed by atoms with van der Waals surface area (Å²) in [7, 11) is -1.54. The Morgan fingerprint density at radius 2 is 1.89 bits per heavy atom. The van der Waals surface area contributed by atoms with Crippen molar-refractivity contribution in [2.75, 3.05) is 43.3 Å². The average molecular weight is 391 g/mol. The summed E-state index contributed by atoms with van der Waals surface area (Å²) in [6.07, 6.45) is 6.12. The van der Waals surface area contributed by atoms with Gasteiger partial charge in [-0.3, -0.25) is 9.30 Å². The molecule has 2 heterocycles. The lowest BCUT2D eigenvalue weighted by Crippen LogP contribution is -2.43. The molecule has 3 aliphatic rings. The van der Waals surface area contributed by atoms with Crippen LogP contribution in [-0.2, 0) is 16.4 Å². The van der Waals surface area contributed by atoms with E-state index in [1.165, 1.54) is 25.7 Å². The number of guanidine groups is 1. The van der Waals surface area contributed by atoms with Crippen LogP contribution >= 0.6 is 0 Å². The van der Waals surface area contributed by atoms with Gasteiger partial charge in [-0.1, -0.05) is 31.0 Å². The molecule has 0 bridgehead atoms. The first-order valence-electron chi connectivity index (χ1n) is 10.1. The molecule has 1 saturated heterocycles. The number of sulfonamides is 1. The number of nitrogens with zero attached hydrogens (tertiary/aromatic N) is 3. The first-order valence-corrected chi connectivity index (χ1v) is 11.7. The van der Waals surface area contributed by atoms with Crippen LogP contribution in [0.2, 0.25) is 0 Å². The van der Waals surface area contributed by atoms with E-state index in [2.05, 4.69) is 15.2 Å². The van der Waals surface area contributed by atoms with E-state index in [0.29, 0.717) is 13.1 Å². The minimum Gasteiger partial charge on any atom is -0.355 e. The first-order chi connectivity index (χ1) is 13.1. The Morgan fingerprint density at radius 1 is 1.19 bits per heavy atom. The van der Waals surface area contributed by atoms with Crippen LogP contribution in [0, 0.1) is 11.8 Å². The van der Waals surface area contributed by atoms with Crippen molar-refractivity contribution in [2.45, 2.75) is 32.1 Å². The highest BCUT2D eigenvalue weighted by atomic mass is 32.2. The summed E-state index contributed by atoms with van der Waals surface area (Å²) in [5.41, 5.74) is 1.95. The van der Waals surface area contributed by atoms with Gasteiger partial charge < -0.3 is 10.2 Å². The lowest BCUT2D eigenvalue weighted by Gasteiger charge is -2.23. The normalized spacial score (nSPS) is 25.4. The highest BCUT2D eigenvalue weighted by molar-refractivity contribution is 7.92. The maximum Gasteiger partial charge on any atom is 0.236 e. The van der Waals surface area contributed by atoms with Gasteiger partial charge in [0.2, 0.25) is 10.0 Å². The molecule has 7 heteroatoms. The molecule has 1 N–H and O–H groups in total. The highest BCUT2D eigenvalue weighted by Crippen LogP contribution is 2.36. The molecule has 27 heavy (non-hydrogen) atoms. The van der Waals surface area contributed by atoms with Crippen LogP contribution in [0.1, 0.15) is 31.2 Å². The molecule has 2 fully saturated rings. The number of rotatable bonds is 4. The third-order valence-corrected chi connectivity index (χ3v) is 8.08. The van der Waals surface area contributed by atoms with E-state index in [4.69, 9.17) is 0 Å². The van der Waals surface area contributed by atoms with E-state index >= 15 is 0 Å². The van der Waals surface area contributed by atoms with Gasteiger partial charge in [0.1, 0.15) is 0 Å². The summed E-state index contributed by atoms with van der Waals surface area (Å²) in [6.45, 7) is 3.04. The summed E-state index contributed by atoms with van der Waals surface area (Å²) in [5.74, 6) is 2.49. The Labute approximate surface area is 162 Å². The first kappa shape index (κ1) is 18.6. The monoisotopic (exact) mass is 390 g/mol. The minimum absolute atomic E-state index is 0.0844. The third-order valence-electron chi connectivity index (χ3n) is 6.31. The van der Waals surface area contributed by atoms with Gasteiger partial charge in [0.05, 0.1) is 11.4 Å². The number of hydrogen-bond donors (Lipinski definition) is 1. The topological polar surface area (TPSA) is 65.0 Å². The zero-order valence-corrected chi connectivity index (χ0v) is 16.9. The van der Waals surface area contributed by atoms with E-state index < -0.39 is 10.0 Å². The zero-order chi connectivity index (χ0) is 18.9. The van der Waals surface area contributed by atoms with Crippen LogP contribution in [-0.4, -0.2) is 58.3 Å². The van der Waals surface area contributed by atoms with Crippen molar-refractivity contribution in [1.82, 2.24) is 10.2 Å². The minimum atomic E-state index is -3.32. The number of aliphatic imine (C=N–C) groups is 1. The maximum atomic E-state index is 12.8. The number of likely N-dealkylation sites (tertiary alicyclic amines) is 1. The molecule has 1 aliphatic carbocycles. The van der Waals surface area contributed by atoms with Crippen molar-refractivity contribution in [3.8, 4) is 0 Å². The zero-order valence-electron chi connectivity index (χ0n) is 16.1. The molecule has 0 amide bonds. The molecule has 2 atom stereocenters. The summed E-state index contributed by atoms with van der Waals surface area (Å²) < 4.78 is 27.2. The Hall–Kier alpha value is -1.76. The highest BCUT2D eigenvalue weighted by Gasteiger charge is 2.35. The quantitative estimate of drug-likeness (QED) is 0.631. The van der Waals surface area contributed by atoms with Crippen molar-refractivity contribution >= 4 is 21.7 Å². The van der Waals surface area contributed by atoms with Crippen molar-refractivity contribution in [3.05, 3.63) is 29.8 Å². The Bertz CT molecular complexity index is 794. The molecule has 0 aromatic heterocycles. The lowest BCUT2D eigenvalue weighted by atomic mass is 9.82. The van der Waals surface area contributed by atoms with Gasteiger partial charge in [-0.15, -0.1) is 0 Å². The van der Waals surface area contributed by atoms with Gasteiger partial charge in [-0.05, 0) is 42.7 Å². The van der Waals surface area contributed by atoms with Crippen molar-refractivity contribution in [1.29, 1.82) is 0 Å². The van der Waals surface area contributed by atoms with Crippen molar-refractivity contribution < 1.29 is 8.42 Å². The lowest BCUT2D eigenvalue weighted by molar-refractivity contribution is 0.299. The smallest absolute Gasteiger partial charge is 0.236 e. The fraction of sp³-hybridized carbons (Fsp3) is 0.650. The molecule has 6 nitrogen and oxygen atoms in total. The van der Waals surface area contributed by atoms with Crippen LogP contribution in [0.15, 0.2) is 29.3 Å². The van der Waals surface area contributed by atoms with Crippen LogP contribution in [0.3, 0.4) is 0 Å². The summed E-state index contributed by atoms with van der Waals surface area (Å²) in [5, 5.41) is 3.29. The fourth-order valence-corrected chi connectivity index (χ4v) is 6.34.